The summed E-state index contributed by atoms with van der Waals surface area (Å²) in [7, 11) is 0. The standard InChI is InChI=1S/C77H144O6/c1-4-7-10-13-16-18-20-22-24-26-28-30-32-34-35-36-37-38-39-40-41-43-44-46-48-50-52-54-56-58-61-64-67-70-76(79)82-73-74(72-81-75(78)69-66-63-60-15-12-9-6-3)83-77(80)71-68-65-62-59-57-55-53-51-49-47-45-42-33-31-29-27-25-23-21-19-17-14-11-8-5-2/h21,23,27,29,33,42,74H,4-20,22,24-26,28,30-32,34-41,43-73H2,1-3H3/b23-21-,29-27-,42-33-. The van der Waals surface area contributed by atoms with Gasteiger partial charge in [0.2, 0.25) is 0 Å². The number of unbranched alkanes of at least 4 members (excludes halogenated alkanes) is 53. The van der Waals surface area contributed by atoms with Gasteiger partial charge in [0, 0.05) is 19.3 Å². The highest BCUT2D eigenvalue weighted by molar-refractivity contribution is 5.71. The van der Waals surface area contributed by atoms with Crippen molar-refractivity contribution in [2.24, 2.45) is 0 Å². The molecular weight excluding hydrogens is 1020 g/mol. The first-order valence-electron chi connectivity index (χ1n) is 37.5. The average molecular weight is 1170 g/mol. The smallest absolute Gasteiger partial charge is 0.306 e. The molecule has 83 heavy (non-hydrogen) atoms. The summed E-state index contributed by atoms with van der Waals surface area (Å²) in [4.78, 5) is 38.2. The van der Waals surface area contributed by atoms with E-state index in [9.17, 15) is 14.4 Å². The molecule has 0 rings (SSSR count). The lowest BCUT2D eigenvalue weighted by atomic mass is 10.0. The third kappa shape index (κ3) is 70.3. The maximum Gasteiger partial charge on any atom is 0.306 e. The minimum absolute atomic E-state index is 0.0686. The van der Waals surface area contributed by atoms with Crippen molar-refractivity contribution in [1.82, 2.24) is 0 Å². The number of carbonyl (C=O) groups is 3. The Kier molecular flexibility index (Phi) is 70.0. The summed E-state index contributed by atoms with van der Waals surface area (Å²) in [6.45, 7) is 6.66. The molecule has 0 bridgehead atoms. The van der Waals surface area contributed by atoms with Gasteiger partial charge in [0.25, 0.3) is 0 Å². The van der Waals surface area contributed by atoms with Crippen LogP contribution in [0.5, 0.6) is 0 Å². The summed E-state index contributed by atoms with van der Waals surface area (Å²) in [5, 5.41) is 0. The van der Waals surface area contributed by atoms with Crippen molar-refractivity contribution in [3.8, 4) is 0 Å². The Hall–Kier alpha value is -2.37. The normalized spacial score (nSPS) is 12.2. The zero-order chi connectivity index (χ0) is 59.9. The third-order valence-corrected chi connectivity index (χ3v) is 17.1. The molecule has 1 unspecified atom stereocenters. The molecule has 0 saturated heterocycles. The first-order valence-corrected chi connectivity index (χ1v) is 37.5. The van der Waals surface area contributed by atoms with Gasteiger partial charge in [-0.1, -0.05) is 378 Å². The van der Waals surface area contributed by atoms with E-state index in [0.717, 1.165) is 70.6 Å². The van der Waals surface area contributed by atoms with Crippen LogP contribution in [0, 0.1) is 0 Å². The second-order valence-corrected chi connectivity index (χ2v) is 25.6. The molecule has 1 atom stereocenters. The molecule has 0 fully saturated rings. The van der Waals surface area contributed by atoms with Crippen LogP contribution in [0.15, 0.2) is 36.5 Å². The van der Waals surface area contributed by atoms with Gasteiger partial charge in [-0.05, 0) is 57.8 Å². The molecule has 0 N–H and O–H groups in total. The average Bonchev–Trinajstić information content (AvgIpc) is 3.50. The molecule has 0 aliphatic rings. The highest BCUT2D eigenvalue weighted by atomic mass is 16.6. The van der Waals surface area contributed by atoms with Crippen LogP contribution in [0.25, 0.3) is 0 Å². The van der Waals surface area contributed by atoms with E-state index in [1.54, 1.807) is 0 Å². The third-order valence-electron chi connectivity index (χ3n) is 17.1. The van der Waals surface area contributed by atoms with Crippen LogP contribution in [0.1, 0.15) is 419 Å². The van der Waals surface area contributed by atoms with Crippen LogP contribution in [0.2, 0.25) is 0 Å². The molecule has 0 aliphatic carbocycles. The van der Waals surface area contributed by atoms with Gasteiger partial charge in [0.15, 0.2) is 6.10 Å². The second-order valence-electron chi connectivity index (χ2n) is 25.6. The van der Waals surface area contributed by atoms with E-state index < -0.39 is 6.10 Å². The van der Waals surface area contributed by atoms with E-state index in [-0.39, 0.29) is 31.1 Å². The van der Waals surface area contributed by atoms with Crippen LogP contribution in [0.4, 0.5) is 0 Å². The molecule has 0 aromatic rings. The summed E-state index contributed by atoms with van der Waals surface area (Å²) in [6.07, 6.45) is 90.9. The SMILES string of the molecule is CCCCCCC/C=C\C/C=C\C/C=C\CCCCCCCCCCCCC(=O)OC(COC(=O)CCCCCCCCC)COC(=O)CCCCCCCCCCCCCCCCCCCCCCCCCCCCCCCCCCC. The fraction of sp³-hybridized carbons (Fsp3) is 0.883. The molecule has 6 heteroatoms. The van der Waals surface area contributed by atoms with Gasteiger partial charge in [-0.3, -0.25) is 14.4 Å². The van der Waals surface area contributed by atoms with Gasteiger partial charge >= 0.3 is 17.9 Å². The highest BCUT2D eigenvalue weighted by Gasteiger charge is 2.20. The molecule has 0 spiro atoms. The van der Waals surface area contributed by atoms with Crippen molar-refractivity contribution in [1.29, 1.82) is 0 Å². The first-order chi connectivity index (χ1) is 41.0. The number of hydrogen-bond donors (Lipinski definition) is 0. The van der Waals surface area contributed by atoms with Crippen molar-refractivity contribution in [2.75, 3.05) is 13.2 Å². The molecule has 0 heterocycles. The maximum atomic E-state index is 12.9. The molecule has 488 valence electrons. The fourth-order valence-corrected chi connectivity index (χ4v) is 11.5. The topological polar surface area (TPSA) is 78.9 Å². The lowest BCUT2D eigenvalue weighted by Gasteiger charge is -2.18. The van der Waals surface area contributed by atoms with E-state index in [2.05, 4.69) is 57.2 Å². The Balaban J connectivity index is 3.97. The zero-order valence-corrected chi connectivity index (χ0v) is 56.2. The molecule has 0 saturated carbocycles. The van der Waals surface area contributed by atoms with Crippen molar-refractivity contribution in [2.45, 2.75) is 425 Å². The summed E-state index contributed by atoms with van der Waals surface area (Å²) in [5.74, 6) is -0.853. The number of ether oxygens (including phenoxy) is 3. The summed E-state index contributed by atoms with van der Waals surface area (Å²) in [5.41, 5.74) is 0. The lowest BCUT2D eigenvalue weighted by Crippen LogP contribution is -2.30. The molecule has 0 aromatic heterocycles. The predicted octanol–water partition coefficient (Wildman–Crippen LogP) is 25.9. The van der Waals surface area contributed by atoms with Crippen molar-refractivity contribution in [3.05, 3.63) is 36.5 Å². The zero-order valence-electron chi connectivity index (χ0n) is 56.2. The number of carbonyl (C=O) groups excluding carboxylic acids is 3. The molecule has 0 amide bonds. The predicted molar refractivity (Wildman–Crippen MR) is 362 cm³/mol. The second kappa shape index (κ2) is 72.1. The number of hydrogen-bond acceptors (Lipinski definition) is 6. The Morgan fingerprint density at radius 2 is 0.434 bits per heavy atom. The minimum atomic E-state index is -0.771. The van der Waals surface area contributed by atoms with Crippen molar-refractivity contribution >= 4 is 17.9 Å². The molecule has 0 aliphatic heterocycles. The van der Waals surface area contributed by atoms with Crippen molar-refractivity contribution in [3.63, 3.8) is 0 Å². The van der Waals surface area contributed by atoms with Crippen LogP contribution in [-0.4, -0.2) is 37.2 Å². The van der Waals surface area contributed by atoms with Crippen LogP contribution < -0.4 is 0 Å². The van der Waals surface area contributed by atoms with Crippen LogP contribution >= 0.6 is 0 Å². The summed E-state index contributed by atoms with van der Waals surface area (Å²) in [6, 6.07) is 0. The van der Waals surface area contributed by atoms with Crippen LogP contribution in [0.3, 0.4) is 0 Å². The summed E-state index contributed by atoms with van der Waals surface area (Å²) >= 11 is 0. The molecule has 0 aromatic carbocycles. The number of allylic oxidation sites excluding steroid dienone is 6. The van der Waals surface area contributed by atoms with E-state index >= 15 is 0 Å². The first kappa shape index (κ1) is 80.6. The largest absolute Gasteiger partial charge is 0.462 e. The molecule has 6 nitrogen and oxygen atoms in total. The molecule has 0 radical (unpaired) electrons. The summed E-state index contributed by atoms with van der Waals surface area (Å²) < 4.78 is 16.9. The van der Waals surface area contributed by atoms with E-state index in [1.165, 1.54) is 308 Å². The Morgan fingerprint density at radius 3 is 0.675 bits per heavy atom. The number of rotatable bonds is 70. The van der Waals surface area contributed by atoms with Gasteiger partial charge in [-0.15, -0.1) is 0 Å². The number of esters is 3. The minimum Gasteiger partial charge on any atom is -0.462 e. The van der Waals surface area contributed by atoms with Gasteiger partial charge in [-0.25, -0.2) is 0 Å². The highest BCUT2D eigenvalue weighted by Crippen LogP contribution is 2.19. The quantitative estimate of drug-likeness (QED) is 0.0261. The maximum absolute atomic E-state index is 12.9. The Bertz CT molecular complexity index is 1380. The van der Waals surface area contributed by atoms with E-state index in [1.807, 2.05) is 0 Å². The lowest BCUT2D eigenvalue weighted by molar-refractivity contribution is -0.167. The fourth-order valence-electron chi connectivity index (χ4n) is 11.5. The van der Waals surface area contributed by atoms with Crippen molar-refractivity contribution < 1.29 is 28.6 Å². The monoisotopic (exact) mass is 1170 g/mol. The molecular formula is C77H144O6. The Morgan fingerprint density at radius 1 is 0.241 bits per heavy atom. The Labute approximate surface area is 518 Å². The van der Waals surface area contributed by atoms with Crippen LogP contribution in [-0.2, 0) is 28.6 Å². The van der Waals surface area contributed by atoms with E-state index in [0.29, 0.717) is 19.3 Å². The van der Waals surface area contributed by atoms with Gasteiger partial charge in [0.1, 0.15) is 13.2 Å². The van der Waals surface area contributed by atoms with Gasteiger partial charge in [0.05, 0.1) is 0 Å². The van der Waals surface area contributed by atoms with Gasteiger partial charge in [-0.2, -0.15) is 0 Å². The van der Waals surface area contributed by atoms with Gasteiger partial charge < -0.3 is 14.2 Å². The van der Waals surface area contributed by atoms with E-state index in [4.69, 9.17) is 14.2 Å².